The van der Waals surface area contributed by atoms with E-state index in [4.69, 9.17) is 4.74 Å². The molecule has 0 aliphatic carbocycles. The number of nitrogens with zero attached hydrogens (tertiary/aromatic N) is 1. The standard InChI is InChI=1S/C14H8BrF3N2O2/c1-22-10-5-8(17)11(18)13-12(10)19-14(21)20(13)9-3-2-6(15)4-7(9)16/h2-5H,1H3,(H,19,21). The molecule has 4 nitrogen and oxygen atoms in total. The monoisotopic (exact) mass is 372 g/mol. The van der Waals surface area contributed by atoms with Gasteiger partial charge in [0.25, 0.3) is 0 Å². The predicted molar refractivity (Wildman–Crippen MR) is 78.0 cm³/mol. The van der Waals surface area contributed by atoms with Gasteiger partial charge in [-0.2, -0.15) is 0 Å². The summed E-state index contributed by atoms with van der Waals surface area (Å²) in [6.07, 6.45) is 0. The second-order valence-corrected chi connectivity index (χ2v) is 5.38. The maximum absolute atomic E-state index is 14.1. The van der Waals surface area contributed by atoms with Crippen molar-refractivity contribution in [1.29, 1.82) is 0 Å². The minimum Gasteiger partial charge on any atom is -0.494 e. The highest BCUT2D eigenvalue weighted by molar-refractivity contribution is 9.10. The van der Waals surface area contributed by atoms with Gasteiger partial charge in [0, 0.05) is 10.5 Å². The fourth-order valence-electron chi connectivity index (χ4n) is 2.24. The molecule has 0 aliphatic rings. The van der Waals surface area contributed by atoms with Crippen LogP contribution in [-0.4, -0.2) is 16.7 Å². The summed E-state index contributed by atoms with van der Waals surface area (Å²) in [5.74, 6) is -3.28. The number of ether oxygens (including phenoxy) is 1. The van der Waals surface area contributed by atoms with Gasteiger partial charge in [0.1, 0.15) is 22.6 Å². The van der Waals surface area contributed by atoms with Gasteiger partial charge in [-0.3, -0.25) is 4.57 Å². The lowest BCUT2D eigenvalue weighted by Crippen LogP contribution is -2.16. The SMILES string of the molecule is COc1cc(F)c(F)c2c1[nH]c(=O)n2-c1ccc(Br)cc1F. The Hall–Kier alpha value is -2.22. The largest absolute Gasteiger partial charge is 0.494 e. The summed E-state index contributed by atoms with van der Waals surface area (Å²) in [6, 6.07) is 4.70. The molecule has 8 heteroatoms. The van der Waals surface area contributed by atoms with Crippen LogP contribution in [0.15, 0.2) is 33.5 Å². The maximum Gasteiger partial charge on any atom is 0.331 e. The molecular weight excluding hydrogens is 365 g/mol. The number of aromatic nitrogens is 2. The highest BCUT2D eigenvalue weighted by atomic mass is 79.9. The number of methoxy groups -OCH3 is 1. The van der Waals surface area contributed by atoms with E-state index in [2.05, 4.69) is 20.9 Å². The van der Waals surface area contributed by atoms with Crippen LogP contribution in [-0.2, 0) is 0 Å². The number of hydrogen-bond donors (Lipinski definition) is 1. The van der Waals surface area contributed by atoms with Gasteiger partial charge in [-0.1, -0.05) is 15.9 Å². The zero-order valence-electron chi connectivity index (χ0n) is 11.1. The third-order valence-electron chi connectivity index (χ3n) is 3.19. The summed E-state index contributed by atoms with van der Waals surface area (Å²) >= 11 is 3.09. The Morgan fingerprint density at radius 1 is 1.18 bits per heavy atom. The van der Waals surface area contributed by atoms with Gasteiger partial charge in [-0.25, -0.2) is 18.0 Å². The highest BCUT2D eigenvalue weighted by Crippen LogP contribution is 2.30. The molecule has 2 aromatic carbocycles. The van der Waals surface area contributed by atoms with Gasteiger partial charge in [0.15, 0.2) is 11.6 Å². The predicted octanol–water partition coefficient (Wildman–Crippen LogP) is 3.51. The van der Waals surface area contributed by atoms with Crippen LogP contribution in [0.25, 0.3) is 16.7 Å². The van der Waals surface area contributed by atoms with Gasteiger partial charge in [0.05, 0.1) is 12.8 Å². The lowest BCUT2D eigenvalue weighted by molar-refractivity contribution is 0.412. The molecule has 1 N–H and O–H groups in total. The van der Waals surface area contributed by atoms with Crippen molar-refractivity contribution in [2.24, 2.45) is 0 Å². The Balaban J connectivity index is 2.47. The molecular formula is C14H8BrF3N2O2. The molecule has 0 fully saturated rings. The van der Waals surface area contributed by atoms with E-state index in [9.17, 15) is 18.0 Å². The summed E-state index contributed by atoms with van der Waals surface area (Å²) in [4.78, 5) is 14.4. The van der Waals surface area contributed by atoms with Gasteiger partial charge in [0.2, 0.25) is 0 Å². The van der Waals surface area contributed by atoms with Crippen LogP contribution in [0.5, 0.6) is 5.75 Å². The minimum absolute atomic E-state index is 0.0475. The molecule has 1 heterocycles. The average molecular weight is 373 g/mol. The molecule has 0 bridgehead atoms. The van der Waals surface area contributed by atoms with E-state index in [0.29, 0.717) is 4.47 Å². The number of aromatic amines is 1. The number of H-pyrrole nitrogens is 1. The molecule has 3 aromatic rings. The first kappa shape index (κ1) is 14.7. The third-order valence-corrected chi connectivity index (χ3v) is 3.68. The fraction of sp³-hybridized carbons (Fsp3) is 0.0714. The van der Waals surface area contributed by atoms with Crippen molar-refractivity contribution in [3.8, 4) is 11.4 Å². The Kier molecular flexibility index (Phi) is 3.48. The highest BCUT2D eigenvalue weighted by Gasteiger charge is 2.22. The number of rotatable bonds is 2. The Morgan fingerprint density at radius 2 is 1.91 bits per heavy atom. The number of halogens is 4. The lowest BCUT2D eigenvalue weighted by atomic mass is 10.2. The number of imidazole rings is 1. The van der Waals surface area contributed by atoms with E-state index in [1.165, 1.54) is 19.2 Å². The molecule has 0 saturated heterocycles. The minimum atomic E-state index is -1.27. The van der Waals surface area contributed by atoms with Crippen LogP contribution in [0.4, 0.5) is 13.2 Å². The maximum atomic E-state index is 14.1. The van der Waals surface area contributed by atoms with Gasteiger partial charge >= 0.3 is 5.69 Å². The molecule has 0 unspecified atom stereocenters. The second kappa shape index (κ2) is 5.20. The summed E-state index contributed by atoms with van der Waals surface area (Å²) in [7, 11) is 1.25. The van der Waals surface area contributed by atoms with Crippen molar-refractivity contribution >= 4 is 27.0 Å². The Bertz CT molecular complexity index is 949. The van der Waals surface area contributed by atoms with E-state index >= 15 is 0 Å². The topological polar surface area (TPSA) is 47.0 Å². The quantitative estimate of drug-likeness (QED) is 0.748. The zero-order chi connectivity index (χ0) is 16.0. The van der Waals surface area contributed by atoms with Gasteiger partial charge in [-0.15, -0.1) is 0 Å². The molecule has 1 aromatic heterocycles. The molecule has 3 rings (SSSR count). The molecule has 0 atom stereocenters. The molecule has 0 spiro atoms. The van der Waals surface area contributed by atoms with Crippen molar-refractivity contribution in [1.82, 2.24) is 9.55 Å². The van der Waals surface area contributed by atoms with Crippen LogP contribution in [0.1, 0.15) is 0 Å². The lowest BCUT2D eigenvalue weighted by Gasteiger charge is -2.08. The fourth-order valence-corrected chi connectivity index (χ4v) is 2.57. The number of hydrogen-bond acceptors (Lipinski definition) is 2. The number of fused-ring (bicyclic) bond motifs is 1. The zero-order valence-corrected chi connectivity index (χ0v) is 12.7. The van der Waals surface area contributed by atoms with Crippen molar-refractivity contribution < 1.29 is 17.9 Å². The van der Waals surface area contributed by atoms with Crippen LogP contribution in [0, 0.1) is 17.5 Å². The van der Waals surface area contributed by atoms with Crippen LogP contribution in [0.3, 0.4) is 0 Å². The summed E-state index contributed by atoms with van der Waals surface area (Å²) in [5, 5.41) is 0. The van der Waals surface area contributed by atoms with Crippen molar-refractivity contribution in [2.75, 3.05) is 7.11 Å². The smallest absolute Gasteiger partial charge is 0.331 e. The Morgan fingerprint density at radius 3 is 2.55 bits per heavy atom. The first-order valence-electron chi connectivity index (χ1n) is 6.06. The normalized spacial score (nSPS) is 11.1. The van der Waals surface area contributed by atoms with E-state index in [0.717, 1.165) is 16.7 Å². The van der Waals surface area contributed by atoms with E-state index in [1.807, 2.05) is 0 Å². The average Bonchev–Trinajstić information content (AvgIpc) is 2.80. The van der Waals surface area contributed by atoms with Gasteiger partial charge in [-0.05, 0) is 18.2 Å². The third kappa shape index (κ3) is 2.10. The molecule has 0 radical (unpaired) electrons. The summed E-state index contributed by atoms with van der Waals surface area (Å²) in [5.41, 5.74) is -1.47. The van der Waals surface area contributed by atoms with E-state index < -0.39 is 28.7 Å². The number of benzene rings is 2. The first-order chi connectivity index (χ1) is 10.4. The van der Waals surface area contributed by atoms with Gasteiger partial charge < -0.3 is 9.72 Å². The summed E-state index contributed by atoms with van der Waals surface area (Å²) < 4.78 is 48.0. The first-order valence-corrected chi connectivity index (χ1v) is 6.85. The summed E-state index contributed by atoms with van der Waals surface area (Å²) in [6.45, 7) is 0. The molecule has 0 amide bonds. The Labute approximate surface area is 130 Å². The van der Waals surface area contributed by atoms with Crippen LogP contribution >= 0.6 is 15.9 Å². The molecule has 0 aliphatic heterocycles. The van der Waals surface area contributed by atoms with Crippen molar-refractivity contribution in [3.05, 3.63) is 56.7 Å². The molecule has 0 saturated carbocycles. The number of nitrogens with one attached hydrogen (secondary N) is 1. The second-order valence-electron chi connectivity index (χ2n) is 4.46. The molecule has 22 heavy (non-hydrogen) atoms. The van der Waals surface area contributed by atoms with E-state index in [-0.39, 0.29) is 17.0 Å². The van der Waals surface area contributed by atoms with Crippen LogP contribution < -0.4 is 10.4 Å². The van der Waals surface area contributed by atoms with E-state index in [1.54, 1.807) is 0 Å². The molecule has 114 valence electrons. The van der Waals surface area contributed by atoms with Crippen molar-refractivity contribution in [2.45, 2.75) is 0 Å². The van der Waals surface area contributed by atoms with Crippen LogP contribution in [0.2, 0.25) is 0 Å². The van der Waals surface area contributed by atoms with Crippen molar-refractivity contribution in [3.63, 3.8) is 0 Å².